The van der Waals surface area contributed by atoms with Gasteiger partial charge in [0.25, 0.3) is 0 Å². The molecule has 0 bridgehead atoms. The smallest absolute Gasteiger partial charge is 0.227 e. The van der Waals surface area contributed by atoms with Crippen LogP contribution in [-0.2, 0) is 19.4 Å². The Morgan fingerprint density at radius 2 is 1.80 bits per heavy atom. The van der Waals surface area contributed by atoms with E-state index in [1.807, 2.05) is 4.90 Å². The van der Waals surface area contributed by atoms with Crippen molar-refractivity contribution in [3.8, 4) is 0 Å². The maximum absolute atomic E-state index is 13.3. The lowest BCUT2D eigenvalue weighted by Crippen LogP contribution is -2.70. The molecule has 0 aromatic carbocycles. The van der Waals surface area contributed by atoms with Gasteiger partial charge in [0, 0.05) is 33.1 Å². The van der Waals surface area contributed by atoms with E-state index in [0.717, 1.165) is 0 Å². The third kappa shape index (κ3) is 3.86. The first-order valence-corrected chi connectivity index (χ1v) is 10.7. The van der Waals surface area contributed by atoms with Gasteiger partial charge in [0.1, 0.15) is 4.75 Å². The van der Waals surface area contributed by atoms with Crippen LogP contribution in [0.2, 0.25) is 0 Å². The van der Waals surface area contributed by atoms with Crippen LogP contribution in [0.3, 0.4) is 0 Å². The molecule has 2 heterocycles. The minimum absolute atomic E-state index is 0.0419. The average Bonchev–Trinajstić information content (AvgIpc) is 2.64. The molecular weight excluding hydrogens is 340 g/mol. The van der Waals surface area contributed by atoms with Gasteiger partial charge in [-0.2, -0.15) is 0 Å². The highest BCUT2D eigenvalue weighted by Gasteiger charge is 2.64. The summed E-state index contributed by atoms with van der Waals surface area (Å²) in [6.45, 7) is 13.3. The lowest BCUT2D eigenvalue weighted by atomic mass is 9.81. The second-order valence-electron chi connectivity index (χ2n) is 9.27. The first kappa shape index (κ1) is 20.2. The topological polar surface area (TPSA) is 74.8 Å². The van der Waals surface area contributed by atoms with Gasteiger partial charge in [-0.15, -0.1) is 0 Å². The van der Waals surface area contributed by atoms with Gasteiger partial charge in [-0.1, -0.05) is 34.6 Å². The second-order valence-corrected chi connectivity index (χ2v) is 11.7. The van der Waals surface area contributed by atoms with Crippen molar-refractivity contribution >= 4 is 21.7 Å². The van der Waals surface area contributed by atoms with Crippen LogP contribution in [0.15, 0.2) is 0 Å². The van der Waals surface area contributed by atoms with Crippen LogP contribution < -0.4 is 0 Å². The molecule has 6 nitrogen and oxygen atoms in total. The fourth-order valence-electron chi connectivity index (χ4n) is 4.01. The molecule has 1 unspecified atom stereocenters. The Morgan fingerprint density at radius 1 is 1.24 bits per heavy atom. The van der Waals surface area contributed by atoms with E-state index in [1.54, 1.807) is 0 Å². The summed E-state index contributed by atoms with van der Waals surface area (Å²) in [4.78, 5) is 28.2. The molecule has 1 atom stereocenters. The van der Waals surface area contributed by atoms with Crippen molar-refractivity contribution in [2.75, 3.05) is 31.9 Å². The lowest BCUT2D eigenvalue weighted by Gasteiger charge is -2.50. The zero-order chi connectivity index (χ0) is 19.2. The Kier molecular flexibility index (Phi) is 5.30. The van der Waals surface area contributed by atoms with E-state index in [-0.39, 0.29) is 36.1 Å². The van der Waals surface area contributed by atoms with E-state index in [1.165, 1.54) is 11.8 Å². The number of hydrogen-bond acceptors (Lipinski definition) is 4. The summed E-state index contributed by atoms with van der Waals surface area (Å²) in [5.41, 5.74) is -0.0553. The summed E-state index contributed by atoms with van der Waals surface area (Å²) in [6.07, 6.45) is 0.367. The van der Waals surface area contributed by atoms with Crippen molar-refractivity contribution in [1.29, 1.82) is 0 Å². The molecule has 0 aromatic rings. The Bertz CT molecular complexity index is 642. The Labute approximate surface area is 151 Å². The SMILES string of the molecule is CC(=O)N1CC2(C1)C(C(=O)N(CC(C)C)CC(C)(C)C)CCS2(=O)=O. The van der Waals surface area contributed by atoms with Crippen LogP contribution in [-0.4, -0.2) is 66.7 Å². The monoisotopic (exact) mass is 372 g/mol. The molecule has 0 saturated carbocycles. The van der Waals surface area contributed by atoms with Gasteiger partial charge < -0.3 is 9.80 Å². The second kappa shape index (κ2) is 6.56. The van der Waals surface area contributed by atoms with Gasteiger partial charge >= 0.3 is 0 Å². The molecular formula is C18H32N2O4S. The maximum Gasteiger partial charge on any atom is 0.227 e. The number of hydrogen-bond donors (Lipinski definition) is 0. The molecule has 1 spiro atoms. The minimum Gasteiger partial charge on any atom is -0.342 e. The summed E-state index contributed by atoms with van der Waals surface area (Å²) >= 11 is 0. The van der Waals surface area contributed by atoms with Gasteiger partial charge in [0.2, 0.25) is 11.8 Å². The van der Waals surface area contributed by atoms with Crippen LogP contribution in [0.25, 0.3) is 0 Å². The van der Waals surface area contributed by atoms with Crippen LogP contribution in [0.4, 0.5) is 0 Å². The molecule has 25 heavy (non-hydrogen) atoms. The molecule has 7 heteroatoms. The quantitative estimate of drug-likeness (QED) is 0.750. The molecule has 0 aromatic heterocycles. The fraction of sp³-hybridized carbons (Fsp3) is 0.889. The molecule has 0 N–H and O–H groups in total. The molecule has 2 fully saturated rings. The number of carbonyl (C=O) groups is 2. The van der Waals surface area contributed by atoms with Gasteiger partial charge in [0.05, 0.1) is 11.7 Å². The first-order valence-electron chi connectivity index (χ1n) is 9.06. The van der Waals surface area contributed by atoms with Crippen molar-refractivity contribution in [2.45, 2.75) is 52.7 Å². The number of sulfone groups is 1. The summed E-state index contributed by atoms with van der Waals surface area (Å²) in [7, 11) is -3.36. The third-order valence-electron chi connectivity index (χ3n) is 5.15. The molecule has 0 aliphatic carbocycles. The number of rotatable bonds is 4. The van der Waals surface area contributed by atoms with Crippen molar-refractivity contribution in [3.63, 3.8) is 0 Å². The summed E-state index contributed by atoms with van der Waals surface area (Å²) in [5, 5.41) is 0. The molecule has 2 aliphatic heterocycles. The highest BCUT2D eigenvalue weighted by molar-refractivity contribution is 7.93. The van der Waals surface area contributed by atoms with Crippen LogP contribution in [0.1, 0.15) is 48.0 Å². The fourth-order valence-corrected chi connectivity index (χ4v) is 6.32. The number of nitrogens with zero attached hydrogens (tertiary/aromatic N) is 2. The first-order chi connectivity index (χ1) is 11.3. The maximum atomic E-state index is 13.3. The minimum atomic E-state index is -3.36. The van der Waals surface area contributed by atoms with Crippen molar-refractivity contribution in [2.24, 2.45) is 17.3 Å². The van der Waals surface area contributed by atoms with Crippen molar-refractivity contribution < 1.29 is 18.0 Å². The molecule has 2 amide bonds. The van der Waals surface area contributed by atoms with Crippen LogP contribution in [0, 0.1) is 17.3 Å². The van der Waals surface area contributed by atoms with Crippen LogP contribution >= 0.6 is 0 Å². The Hall–Kier alpha value is -1.11. The lowest BCUT2D eigenvalue weighted by molar-refractivity contribution is -0.145. The number of likely N-dealkylation sites (tertiary alicyclic amines) is 1. The summed E-state index contributed by atoms with van der Waals surface area (Å²) in [5.74, 6) is -0.370. The van der Waals surface area contributed by atoms with Gasteiger partial charge in [-0.25, -0.2) is 8.42 Å². The zero-order valence-corrected chi connectivity index (χ0v) is 17.1. The zero-order valence-electron chi connectivity index (χ0n) is 16.3. The van der Waals surface area contributed by atoms with E-state index in [2.05, 4.69) is 34.6 Å². The van der Waals surface area contributed by atoms with Gasteiger partial charge in [-0.3, -0.25) is 9.59 Å². The van der Waals surface area contributed by atoms with E-state index < -0.39 is 20.5 Å². The van der Waals surface area contributed by atoms with E-state index in [0.29, 0.717) is 25.4 Å². The standard InChI is InChI=1S/C18H32N2O4S/c1-13(2)9-19(10-17(4,5)6)16(22)15-7-8-25(23,24)18(15)11-20(12-18)14(3)21/h13,15H,7-12H2,1-6H3. The molecule has 2 rings (SSSR count). The van der Waals surface area contributed by atoms with Gasteiger partial charge in [-0.05, 0) is 17.8 Å². The van der Waals surface area contributed by atoms with Crippen molar-refractivity contribution in [1.82, 2.24) is 9.80 Å². The van der Waals surface area contributed by atoms with Crippen LogP contribution in [0.5, 0.6) is 0 Å². The molecule has 0 radical (unpaired) electrons. The van der Waals surface area contributed by atoms with Gasteiger partial charge in [0.15, 0.2) is 9.84 Å². The van der Waals surface area contributed by atoms with E-state index >= 15 is 0 Å². The highest BCUT2D eigenvalue weighted by Crippen LogP contribution is 2.45. The third-order valence-corrected chi connectivity index (χ3v) is 7.71. The van der Waals surface area contributed by atoms with Crippen molar-refractivity contribution in [3.05, 3.63) is 0 Å². The average molecular weight is 373 g/mol. The number of amides is 2. The normalized spacial score (nSPS) is 24.4. The Balaban J connectivity index is 2.27. The molecule has 144 valence electrons. The predicted octanol–water partition coefficient (Wildman–Crippen LogP) is 1.55. The Morgan fingerprint density at radius 3 is 2.24 bits per heavy atom. The highest BCUT2D eigenvalue weighted by atomic mass is 32.2. The largest absolute Gasteiger partial charge is 0.342 e. The summed E-state index contributed by atoms with van der Waals surface area (Å²) in [6, 6.07) is 0. The van der Waals surface area contributed by atoms with E-state index in [4.69, 9.17) is 0 Å². The number of carbonyl (C=O) groups excluding carboxylic acids is 2. The van der Waals surface area contributed by atoms with E-state index in [9.17, 15) is 18.0 Å². The summed E-state index contributed by atoms with van der Waals surface area (Å²) < 4.78 is 24.3. The molecule has 2 saturated heterocycles. The predicted molar refractivity (Wildman–Crippen MR) is 97.8 cm³/mol. The molecule has 2 aliphatic rings.